The van der Waals surface area contributed by atoms with Crippen LogP contribution in [-0.4, -0.2) is 21.7 Å². The van der Waals surface area contributed by atoms with Crippen molar-refractivity contribution in [3.63, 3.8) is 0 Å². The monoisotopic (exact) mass is 335 g/mol. The first kappa shape index (κ1) is 15.7. The fourth-order valence-electron chi connectivity index (χ4n) is 3.36. The minimum atomic E-state index is -0.0824. The number of carbonyl (C=O) groups excluding carboxylic acids is 1. The predicted molar refractivity (Wildman–Crippen MR) is 95.6 cm³/mol. The van der Waals surface area contributed by atoms with Gasteiger partial charge in [0.2, 0.25) is 0 Å². The SMILES string of the molecule is O=C(NC1CCCCC1)c1cc(-c2ccco2)nn1-c1ccccc1. The molecule has 25 heavy (non-hydrogen) atoms. The van der Waals surface area contributed by atoms with Crippen LogP contribution < -0.4 is 5.32 Å². The van der Waals surface area contributed by atoms with Gasteiger partial charge in [0, 0.05) is 12.1 Å². The molecule has 5 nitrogen and oxygen atoms in total. The van der Waals surface area contributed by atoms with Gasteiger partial charge in [-0.25, -0.2) is 4.68 Å². The number of furan rings is 1. The Morgan fingerprint density at radius 2 is 1.88 bits per heavy atom. The minimum Gasteiger partial charge on any atom is -0.463 e. The molecule has 1 aliphatic rings. The van der Waals surface area contributed by atoms with E-state index in [-0.39, 0.29) is 11.9 Å². The van der Waals surface area contributed by atoms with Gasteiger partial charge in [0.15, 0.2) is 5.76 Å². The summed E-state index contributed by atoms with van der Waals surface area (Å²) < 4.78 is 7.14. The summed E-state index contributed by atoms with van der Waals surface area (Å²) in [4.78, 5) is 12.9. The van der Waals surface area contributed by atoms with Crippen LogP contribution in [0.15, 0.2) is 59.2 Å². The molecule has 1 amide bonds. The second kappa shape index (κ2) is 6.97. The number of nitrogens with zero attached hydrogens (tertiary/aromatic N) is 2. The van der Waals surface area contributed by atoms with E-state index in [1.54, 1.807) is 17.0 Å². The number of carbonyl (C=O) groups is 1. The maximum Gasteiger partial charge on any atom is 0.270 e. The van der Waals surface area contributed by atoms with Gasteiger partial charge < -0.3 is 9.73 Å². The lowest BCUT2D eigenvalue weighted by Gasteiger charge is -2.22. The smallest absolute Gasteiger partial charge is 0.270 e. The minimum absolute atomic E-state index is 0.0824. The molecule has 0 unspecified atom stereocenters. The number of rotatable bonds is 4. The highest BCUT2D eigenvalue weighted by Crippen LogP contribution is 2.23. The van der Waals surface area contributed by atoms with Crippen LogP contribution in [0.3, 0.4) is 0 Å². The summed E-state index contributed by atoms with van der Waals surface area (Å²) in [5.74, 6) is 0.572. The van der Waals surface area contributed by atoms with E-state index in [4.69, 9.17) is 4.42 Å². The van der Waals surface area contributed by atoms with Gasteiger partial charge in [0.25, 0.3) is 5.91 Å². The molecule has 0 saturated heterocycles. The number of benzene rings is 1. The van der Waals surface area contributed by atoms with Crippen molar-refractivity contribution in [3.05, 3.63) is 60.5 Å². The molecule has 1 N–H and O–H groups in total. The summed E-state index contributed by atoms with van der Waals surface area (Å²) in [5, 5.41) is 7.77. The van der Waals surface area contributed by atoms with Crippen LogP contribution in [0.4, 0.5) is 0 Å². The molecule has 2 heterocycles. The van der Waals surface area contributed by atoms with Gasteiger partial charge in [-0.1, -0.05) is 37.5 Å². The van der Waals surface area contributed by atoms with E-state index in [2.05, 4.69) is 10.4 Å². The van der Waals surface area contributed by atoms with Crippen LogP contribution in [0, 0.1) is 0 Å². The van der Waals surface area contributed by atoms with Crippen molar-refractivity contribution in [2.75, 3.05) is 0 Å². The van der Waals surface area contributed by atoms with Crippen molar-refractivity contribution < 1.29 is 9.21 Å². The average Bonchev–Trinajstić information content (AvgIpc) is 3.33. The number of amides is 1. The predicted octanol–water partition coefficient (Wildman–Crippen LogP) is 4.19. The standard InChI is InChI=1S/C20H21N3O2/c24-20(21-15-8-3-1-4-9-15)18-14-17(19-12-7-13-25-19)22-23(18)16-10-5-2-6-11-16/h2,5-7,10-15H,1,3-4,8-9H2,(H,21,24). The van der Waals surface area contributed by atoms with Crippen LogP contribution in [-0.2, 0) is 0 Å². The lowest BCUT2D eigenvalue weighted by molar-refractivity contribution is 0.0920. The zero-order chi connectivity index (χ0) is 17.1. The zero-order valence-electron chi connectivity index (χ0n) is 14.0. The van der Waals surface area contributed by atoms with Crippen molar-refractivity contribution >= 4 is 5.91 Å². The van der Waals surface area contributed by atoms with Crippen molar-refractivity contribution in [1.29, 1.82) is 0 Å². The van der Waals surface area contributed by atoms with Crippen LogP contribution in [0.2, 0.25) is 0 Å². The van der Waals surface area contributed by atoms with Gasteiger partial charge in [-0.2, -0.15) is 5.10 Å². The molecule has 128 valence electrons. The summed E-state index contributed by atoms with van der Waals surface area (Å²) in [7, 11) is 0. The van der Waals surface area contributed by atoms with Gasteiger partial charge in [-0.3, -0.25) is 4.79 Å². The molecule has 1 aromatic carbocycles. The van der Waals surface area contributed by atoms with E-state index >= 15 is 0 Å². The van der Waals surface area contributed by atoms with E-state index in [1.165, 1.54) is 19.3 Å². The van der Waals surface area contributed by atoms with Crippen molar-refractivity contribution in [2.45, 2.75) is 38.1 Å². The number of aromatic nitrogens is 2. The van der Waals surface area contributed by atoms with Crippen LogP contribution in [0.1, 0.15) is 42.6 Å². The Morgan fingerprint density at radius 1 is 1.08 bits per heavy atom. The van der Waals surface area contributed by atoms with Gasteiger partial charge in [-0.15, -0.1) is 0 Å². The van der Waals surface area contributed by atoms with Crippen LogP contribution in [0.5, 0.6) is 0 Å². The molecule has 4 rings (SSSR count). The number of nitrogens with one attached hydrogen (secondary N) is 1. The van der Waals surface area contributed by atoms with Gasteiger partial charge in [0.05, 0.1) is 12.0 Å². The molecule has 0 radical (unpaired) electrons. The molecular weight excluding hydrogens is 314 g/mol. The third-order valence-electron chi connectivity index (χ3n) is 4.66. The van der Waals surface area contributed by atoms with Crippen molar-refractivity contribution in [2.24, 2.45) is 0 Å². The van der Waals surface area contributed by atoms with E-state index < -0.39 is 0 Å². The number of para-hydroxylation sites is 1. The van der Waals surface area contributed by atoms with Crippen molar-refractivity contribution in [3.8, 4) is 17.1 Å². The van der Waals surface area contributed by atoms with E-state index in [0.29, 0.717) is 17.1 Å². The highest BCUT2D eigenvalue weighted by Gasteiger charge is 2.22. The zero-order valence-corrected chi connectivity index (χ0v) is 14.0. The maximum absolute atomic E-state index is 12.9. The molecule has 1 aliphatic carbocycles. The van der Waals surface area contributed by atoms with Crippen molar-refractivity contribution in [1.82, 2.24) is 15.1 Å². The molecule has 0 atom stereocenters. The molecule has 1 fully saturated rings. The molecule has 5 heteroatoms. The van der Waals surface area contributed by atoms with Crippen LogP contribution >= 0.6 is 0 Å². The molecule has 0 bridgehead atoms. The molecule has 1 saturated carbocycles. The Bertz CT molecular complexity index is 831. The summed E-state index contributed by atoms with van der Waals surface area (Å²) in [6.45, 7) is 0. The lowest BCUT2D eigenvalue weighted by atomic mass is 9.95. The third-order valence-corrected chi connectivity index (χ3v) is 4.66. The highest BCUT2D eigenvalue weighted by atomic mass is 16.3. The molecule has 0 aliphatic heterocycles. The van der Waals surface area contributed by atoms with E-state index in [9.17, 15) is 4.79 Å². The lowest BCUT2D eigenvalue weighted by Crippen LogP contribution is -2.37. The van der Waals surface area contributed by atoms with Gasteiger partial charge >= 0.3 is 0 Å². The summed E-state index contributed by atoms with van der Waals surface area (Å²) in [6, 6.07) is 15.4. The Kier molecular flexibility index (Phi) is 4.37. The maximum atomic E-state index is 12.9. The topological polar surface area (TPSA) is 60.1 Å². The van der Waals surface area contributed by atoms with E-state index in [0.717, 1.165) is 18.5 Å². The van der Waals surface area contributed by atoms with Crippen LogP contribution in [0.25, 0.3) is 17.1 Å². The first-order valence-corrected chi connectivity index (χ1v) is 8.81. The summed E-state index contributed by atoms with van der Waals surface area (Å²) >= 11 is 0. The Hall–Kier alpha value is -2.82. The molecule has 3 aromatic rings. The molecule has 0 spiro atoms. The fraction of sp³-hybridized carbons (Fsp3) is 0.300. The van der Waals surface area contributed by atoms with E-state index in [1.807, 2.05) is 42.5 Å². The molecule has 2 aromatic heterocycles. The Labute approximate surface area is 146 Å². The average molecular weight is 335 g/mol. The number of hydrogen-bond acceptors (Lipinski definition) is 3. The number of hydrogen-bond donors (Lipinski definition) is 1. The quantitative estimate of drug-likeness (QED) is 0.777. The third kappa shape index (κ3) is 3.36. The Morgan fingerprint density at radius 3 is 2.60 bits per heavy atom. The Balaban J connectivity index is 1.68. The largest absolute Gasteiger partial charge is 0.463 e. The first-order chi connectivity index (χ1) is 12.3. The summed E-state index contributed by atoms with van der Waals surface area (Å²) in [6.07, 6.45) is 7.34. The van der Waals surface area contributed by atoms with Gasteiger partial charge in [0.1, 0.15) is 11.4 Å². The fourth-order valence-corrected chi connectivity index (χ4v) is 3.36. The second-order valence-corrected chi connectivity index (χ2v) is 6.45. The summed E-state index contributed by atoms with van der Waals surface area (Å²) in [5.41, 5.74) is 2.04. The second-order valence-electron chi connectivity index (χ2n) is 6.45. The first-order valence-electron chi connectivity index (χ1n) is 8.81. The normalized spacial score (nSPS) is 15.2. The van der Waals surface area contributed by atoms with Gasteiger partial charge in [-0.05, 0) is 37.1 Å². The molecular formula is C20H21N3O2. The highest BCUT2D eigenvalue weighted by molar-refractivity contribution is 5.94.